The van der Waals surface area contributed by atoms with Crippen LogP contribution >= 0.6 is 11.3 Å². The molecular formula is C10H10N4O4S. The zero-order chi connectivity index (χ0) is 13.6. The van der Waals surface area contributed by atoms with Crippen LogP contribution in [0.1, 0.15) is 12.8 Å². The summed E-state index contributed by atoms with van der Waals surface area (Å²) in [7, 11) is 0. The molecule has 0 atom stereocenters. The van der Waals surface area contributed by atoms with E-state index < -0.39 is 10.9 Å². The molecule has 2 heterocycles. The molecule has 9 heteroatoms. The van der Waals surface area contributed by atoms with Crippen molar-refractivity contribution in [2.75, 3.05) is 11.4 Å². The van der Waals surface area contributed by atoms with Crippen LogP contribution in [-0.2, 0) is 4.79 Å². The molecule has 100 valence electrons. The number of carboxylic acids is 1. The van der Waals surface area contributed by atoms with Gasteiger partial charge in [0.2, 0.25) is 5.82 Å². The van der Waals surface area contributed by atoms with E-state index in [1.165, 1.54) is 20.6 Å². The number of hydrogen-bond acceptors (Lipinski definition) is 6. The van der Waals surface area contributed by atoms with Gasteiger partial charge in [-0.3, -0.25) is 4.79 Å². The topological polar surface area (TPSA) is 101 Å². The number of carbonyl (C=O) groups is 1. The van der Waals surface area contributed by atoms with Crippen molar-refractivity contribution in [1.82, 2.24) is 9.38 Å². The van der Waals surface area contributed by atoms with Gasteiger partial charge in [0, 0.05) is 11.4 Å². The number of nitro groups is 1. The highest BCUT2D eigenvalue weighted by molar-refractivity contribution is 7.15. The maximum atomic E-state index is 11.2. The van der Waals surface area contributed by atoms with Gasteiger partial charge in [-0.1, -0.05) is 11.3 Å². The predicted octanol–water partition coefficient (Wildman–Crippen LogP) is 1.36. The summed E-state index contributed by atoms with van der Waals surface area (Å²) in [6.45, 7) is -0.268. The summed E-state index contributed by atoms with van der Waals surface area (Å²) in [6.07, 6.45) is 3.26. The Morgan fingerprint density at radius 1 is 1.68 bits per heavy atom. The van der Waals surface area contributed by atoms with Crippen LogP contribution in [0, 0.1) is 10.1 Å². The van der Waals surface area contributed by atoms with E-state index in [1.807, 2.05) is 0 Å². The van der Waals surface area contributed by atoms with Crippen LogP contribution in [0.25, 0.3) is 4.96 Å². The molecule has 1 aliphatic rings. The normalized spacial score (nSPS) is 14.7. The first-order valence-corrected chi connectivity index (χ1v) is 6.54. The molecule has 2 aromatic rings. The van der Waals surface area contributed by atoms with E-state index in [2.05, 4.69) is 4.98 Å². The van der Waals surface area contributed by atoms with Crippen molar-refractivity contribution in [1.29, 1.82) is 0 Å². The van der Waals surface area contributed by atoms with Crippen LogP contribution in [0.5, 0.6) is 0 Å². The predicted molar refractivity (Wildman–Crippen MR) is 67.7 cm³/mol. The number of anilines is 1. The number of thiazole rings is 1. The minimum atomic E-state index is -1.02. The molecule has 0 bridgehead atoms. The van der Waals surface area contributed by atoms with Crippen LogP contribution in [0.3, 0.4) is 0 Å². The molecule has 8 nitrogen and oxygen atoms in total. The monoisotopic (exact) mass is 282 g/mol. The van der Waals surface area contributed by atoms with Crippen molar-refractivity contribution >= 4 is 33.9 Å². The summed E-state index contributed by atoms with van der Waals surface area (Å²) in [4.78, 5) is 27.8. The second-order valence-corrected chi connectivity index (χ2v) is 5.20. The number of aliphatic carboxylic acids is 1. The molecule has 0 aliphatic heterocycles. The highest BCUT2D eigenvalue weighted by Gasteiger charge is 2.37. The first kappa shape index (κ1) is 11.9. The molecule has 0 saturated heterocycles. The van der Waals surface area contributed by atoms with Crippen molar-refractivity contribution in [2.24, 2.45) is 0 Å². The molecule has 3 rings (SSSR count). The number of hydrogen-bond donors (Lipinski definition) is 1. The molecule has 1 aliphatic carbocycles. The molecule has 0 radical (unpaired) electrons. The van der Waals surface area contributed by atoms with Gasteiger partial charge >= 0.3 is 11.8 Å². The first-order chi connectivity index (χ1) is 9.08. The van der Waals surface area contributed by atoms with Crippen LogP contribution in [-0.4, -0.2) is 38.0 Å². The van der Waals surface area contributed by atoms with Crippen LogP contribution in [0.4, 0.5) is 11.6 Å². The molecule has 1 fully saturated rings. The molecule has 0 spiro atoms. The minimum Gasteiger partial charge on any atom is -0.480 e. The Morgan fingerprint density at radius 3 is 3.00 bits per heavy atom. The lowest BCUT2D eigenvalue weighted by molar-refractivity contribution is -0.389. The largest absolute Gasteiger partial charge is 0.480 e. The molecule has 1 saturated carbocycles. The second kappa shape index (κ2) is 4.19. The molecule has 0 amide bonds. The van der Waals surface area contributed by atoms with E-state index in [0.29, 0.717) is 4.96 Å². The van der Waals surface area contributed by atoms with Gasteiger partial charge in [0.15, 0.2) is 0 Å². The van der Waals surface area contributed by atoms with Gasteiger partial charge in [0.25, 0.3) is 4.96 Å². The SMILES string of the molecule is O=C(O)CN(c1nc2sccn2c1[N+](=O)[O-])C1CC1. The van der Waals surface area contributed by atoms with Crippen molar-refractivity contribution < 1.29 is 14.8 Å². The summed E-state index contributed by atoms with van der Waals surface area (Å²) in [5.41, 5.74) is 0. The quantitative estimate of drug-likeness (QED) is 0.656. The summed E-state index contributed by atoms with van der Waals surface area (Å²) >= 11 is 1.28. The lowest BCUT2D eigenvalue weighted by atomic mass is 10.4. The number of carboxylic acid groups (broad SMARTS) is 1. The number of nitrogens with zero attached hydrogens (tertiary/aromatic N) is 4. The van der Waals surface area contributed by atoms with E-state index in [4.69, 9.17) is 5.11 Å². The average Bonchev–Trinajstić information content (AvgIpc) is 2.94. The average molecular weight is 282 g/mol. The van der Waals surface area contributed by atoms with E-state index in [1.54, 1.807) is 11.6 Å². The zero-order valence-corrected chi connectivity index (χ0v) is 10.5. The second-order valence-electron chi connectivity index (χ2n) is 4.32. The van der Waals surface area contributed by atoms with Gasteiger partial charge in [-0.25, -0.2) is 0 Å². The van der Waals surface area contributed by atoms with Crippen molar-refractivity contribution in [3.8, 4) is 0 Å². The smallest absolute Gasteiger partial charge is 0.373 e. The Morgan fingerprint density at radius 2 is 2.42 bits per heavy atom. The molecule has 0 unspecified atom stereocenters. The molecule has 0 aromatic carbocycles. The maximum Gasteiger partial charge on any atom is 0.373 e. The molecule has 2 aromatic heterocycles. The lowest BCUT2D eigenvalue weighted by Gasteiger charge is -2.18. The standard InChI is InChI=1S/C10H10N4O4S/c15-7(16)5-13(6-1-2-6)8-9(14(17)18)12-3-4-19-10(12)11-8/h3-4,6H,1-2,5H2,(H,15,16). The van der Waals surface area contributed by atoms with E-state index in [-0.39, 0.29) is 24.2 Å². The van der Waals surface area contributed by atoms with Crippen LogP contribution in [0.2, 0.25) is 0 Å². The number of fused-ring (bicyclic) bond motifs is 1. The van der Waals surface area contributed by atoms with Gasteiger partial charge in [-0.05, 0) is 17.8 Å². The fourth-order valence-corrected chi connectivity index (χ4v) is 2.74. The number of aromatic nitrogens is 2. The summed E-state index contributed by atoms with van der Waals surface area (Å²) in [5, 5.41) is 21.8. The first-order valence-electron chi connectivity index (χ1n) is 5.66. The van der Waals surface area contributed by atoms with Crippen LogP contribution in [0.15, 0.2) is 11.6 Å². The van der Waals surface area contributed by atoms with Crippen molar-refractivity contribution in [3.63, 3.8) is 0 Å². The Balaban J connectivity index is 2.10. The van der Waals surface area contributed by atoms with Gasteiger partial charge in [-0.2, -0.15) is 9.38 Å². The third kappa shape index (κ3) is 2.01. The third-order valence-corrected chi connectivity index (χ3v) is 3.71. The number of imidazole rings is 1. The Hall–Kier alpha value is -2.16. The van der Waals surface area contributed by atoms with Gasteiger partial charge in [0.05, 0.1) is 0 Å². The zero-order valence-electron chi connectivity index (χ0n) is 9.72. The molecular weight excluding hydrogens is 272 g/mol. The van der Waals surface area contributed by atoms with Crippen molar-refractivity contribution in [3.05, 3.63) is 21.7 Å². The highest BCUT2D eigenvalue weighted by Crippen LogP contribution is 2.37. The van der Waals surface area contributed by atoms with Crippen molar-refractivity contribution in [2.45, 2.75) is 18.9 Å². The summed E-state index contributed by atoms with van der Waals surface area (Å²) in [6, 6.07) is 0.0411. The van der Waals surface area contributed by atoms with E-state index >= 15 is 0 Å². The minimum absolute atomic E-state index is 0.0411. The van der Waals surface area contributed by atoms with Crippen LogP contribution < -0.4 is 4.90 Å². The lowest BCUT2D eigenvalue weighted by Crippen LogP contribution is -2.32. The van der Waals surface area contributed by atoms with E-state index in [0.717, 1.165) is 12.8 Å². The third-order valence-electron chi connectivity index (χ3n) is 2.96. The summed E-state index contributed by atoms with van der Waals surface area (Å²) < 4.78 is 1.39. The maximum absolute atomic E-state index is 11.2. The number of rotatable bonds is 5. The van der Waals surface area contributed by atoms with Gasteiger partial charge in [0.1, 0.15) is 12.7 Å². The Bertz CT molecular complexity index is 660. The van der Waals surface area contributed by atoms with Gasteiger partial charge in [-0.15, -0.1) is 0 Å². The van der Waals surface area contributed by atoms with E-state index in [9.17, 15) is 14.9 Å². The fourth-order valence-electron chi connectivity index (χ4n) is 2.03. The Labute approximate surface area is 111 Å². The molecule has 1 N–H and O–H groups in total. The molecule has 19 heavy (non-hydrogen) atoms. The highest BCUT2D eigenvalue weighted by atomic mass is 32.1. The Kier molecular flexibility index (Phi) is 2.63. The fraction of sp³-hybridized carbons (Fsp3) is 0.400. The summed E-state index contributed by atoms with van der Waals surface area (Å²) in [5.74, 6) is -1.02. The van der Waals surface area contributed by atoms with Gasteiger partial charge < -0.3 is 20.1 Å².